The Hall–Kier alpha value is -6.71. The Morgan fingerprint density at radius 3 is 2.21 bits per heavy atom. The number of aromatic amines is 1. The van der Waals surface area contributed by atoms with Crippen LogP contribution in [-0.4, -0.2) is 182 Å². The summed E-state index contributed by atoms with van der Waals surface area (Å²) in [5, 5.41) is 14.4. The van der Waals surface area contributed by atoms with Gasteiger partial charge in [0.2, 0.25) is 5.91 Å². The van der Waals surface area contributed by atoms with E-state index in [1.54, 1.807) is 12.1 Å². The standard InChI is InChI=1S/C63H73ClF3N11O8S3/c1-62(43-75-29-33-77(34-30-75)50-16-18-55-54(38-50)59(71-70-55)78-26-22-58(79)69-61(78)81)23-20-53(44-8-12-47(64)13-9-44)46(40-62)41-74-27-31-76(32-28-74)49-14-10-45(11-15-49)60(80)72-89(84,85)52-17-19-56(57(39-52)88(82,83)63(65,66)67)68-48(42-87-51-6-3-2-4-7-51)21-25-73-24-5-36-86-37-35-73/h2-4,6-19,38-39,48,68H,5,20-37,40-43H2,1H3,(H,70,71)(H,72,80)(H,69,79,81)/t48-,62-/m1/s1. The van der Waals surface area contributed by atoms with Crippen LogP contribution in [0.1, 0.15) is 61.4 Å². The Kier molecular flexibility index (Phi) is 19.7. The van der Waals surface area contributed by atoms with Gasteiger partial charge in [-0.2, -0.15) is 18.3 Å². The normalized spacial score (nSPS) is 20.2. The van der Waals surface area contributed by atoms with Crippen LogP contribution in [0.4, 0.5) is 40.8 Å². The number of halogens is 4. The number of allylic oxidation sites excluding steroid dienone is 1. The number of H-pyrrole nitrogens is 1. The highest BCUT2D eigenvalue weighted by Crippen LogP contribution is 2.45. The number of urea groups is 1. The average molecular weight is 1300 g/mol. The number of anilines is 4. The Balaban J connectivity index is 0.711. The van der Waals surface area contributed by atoms with Crippen molar-refractivity contribution >= 4 is 100 Å². The molecule has 6 aromatic rings. The van der Waals surface area contributed by atoms with Crippen molar-refractivity contribution in [1.29, 1.82) is 0 Å². The smallest absolute Gasteiger partial charge is 0.380 e. The van der Waals surface area contributed by atoms with Gasteiger partial charge in [-0.1, -0.05) is 54.4 Å². The van der Waals surface area contributed by atoms with Crippen LogP contribution < -0.4 is 30.1 Å². The molecular weight excluding hydrogens is 1230 g/mol. The van der Waals surface area contributed by atoms with E-state index < -0.39 is 58.8 Å². The molecule has 19 nitrogen and oxygen atoms in total. The van der Waals surface area contributed by atoms with E-state index >= 15 is 0 Å². The molecular formula is C63H73ClF3N11O8S3. The fraction of sp³-hybridized carbons (Fsp3) is 0.429. The fourth-order valence-corrected chi connectivity index (χ4v) is 15.7. The Morgan fingerprint density at radius 2 is 1.49 bits per heavy atom. The summed E-state index contributed by atoms with van der Waals surface area (Å²) in [7, 11) is -11.0. The third-order valence-electron chi connectivity index (χ3n) is 17.4. The maximum absolute atomic E-state index is 14.4. The number of aromatic nitrogens is 2. The number of piperazine rings is 2. The molecule has 0 spiro atoms. The molecule has 5 heterocycles. The summed E-state index contributed by atoms with van der Waals surface area (Å²) >= 11 is 7.82. The number of hydrogen-bond donors (Lipinski definition) is 4. The molecule has 5 aromatic carbocycles. The first-order chi connectivity index (χ1) is 42.7. The fourth-order valence-electron chi connectivity index (χ4n) is 12.6. The number of thioether (sulfide) groups is 1. The van der Waals surface area contributed by atoms with Crippen molar-refractivity contribution in [3.63, 3.8) is 0 Å². The third-order valence-corrected chi connectivity index (χ3v) is 21.7. The second kappa shape index (κ2) is 27.4. The lowest BCUT2D eigenvalue weighted by molar-refractivity contribution is -0.120. The molecule has 0 bridgehead atoms. The van der Waals surface area contributed by atoms with Gasteiger partial charge in [-0.15, -0.1) is 11.8 Å². The van der Waals surface area contributed by atoms with Gasteiger partial charge in [-0.25, -0.2) is 26.4 Å². The minimum absolute atomic E-state index is 0.0242. The zero-order chi connectivity index (χ0) is 62.5. The first kappa shape index (κ1) is 63.8. The molecule has 0 unspecified atom stereocenters. The Bertz CT molecular complexity index is 3780. The molecule has 0 radical (unpaired) electrons. The van der Waals surface area contributed by atoms with Crippen molar-refractivity contribution < 1.29 is 49.1 Å². The number of alkyl halides is 3. The van der Waals surface area contributed by atoms with Crippen LogP contribution in [0.5, 0.6) is 0 Å². The lowest BCUT2D eigenvalue weighted by Gasteiger charge is -2.44. The van der Waals surface area contributed by atoms with Crippen LogP contribution in [0.2, 0.25) is 5.02 Å². The number of imide groups is 1. The van der Waals surface area contributed by atoms with Gasteiger partial charge in [0.1, 0.15) is 4.90 Å². The molecule has 4 fully saturated rings. The Labute approximate surface area is 526 Å². The molecule has 4 aliphatic heterocycles. The second-order valence-electron chi connectivity index (χ2n) is 23.8. The molecule has 26 heteroatoms. The van der Waals surface area contributed by atoms with Crippen LogP contribution in [0, 0.1) is 5.41 Å². The highest BCUT2D eigenvalue weighted by molar-refractivity contribution is 7.99. The SMILES string of the molecule is C[C@@]1(CN2CCN(c3ccc4[nH]nc(N5CCC(=O)NC5=O)c4c3)CC2)CCC(c2ccc(Cl)cc2)=C(CN2CCN(c3ccc(C(=O)NS(=O)(=O)c4ccc(N[C@H](CCN5CCCOCC5)CSc5ccccc5)c(S(=O)(=O)C(F)(F)F)c4)cc3)CC2)C1. The first-order valence-electron chi connectivity index (χ1n) is 30.0. The van der Waals surface area contributed by atoms with Gasteiger partial charge in [0.25, 0.3) is 25.8 Å². The van der Waals surface area contributed by atoms with Gasteiger partial charge >= 0.3 is 11.5 Å². The zero-order valence-corrected chi connectivity index (χ0v) is 52.6. The molecule has 4 N–H and O–H groups in total. The number of hydrogen-bond acceptors (Lipinski definition) is 16. The van der Waals surface area contributed by atoms with E-state index in [-0.39, 0.29) is 29.9 Å². The number of fused-ring (bicyclic) bond motifs is 1. The van der Waals surface area contributed by atoms with Gasteiger partial charge in [-0.3, -0.25) is 34.7 Å². The maximum Gasteiger partial charge on any atom is 0.501 e. The second-order valence-corrected chi connectivity index (χ2v) is 28.9. The van der Waals surface area contributed by atoms with Crippen molar-refractivity contribution in [2.45, 2.75) is 71.7 Å². The van der Waals surface area contributed by atoms with Crippen LogP contribution in [-0.2, 0) is 29.4 Å². The van der Waals surface area contributed by atoms with E-state index in [9.17, 15) is 44.4 Å². The van der Waals surface area contributed by atoms with Gasteiger partial charge in [0, 0.05) is 149 Å². The minimum atomic E-state index is -6.10. The van der Waals surface area contributed by atoms with E-state index in [4.69, 9.17) is 16.3 Å². The summed E-state index contributed by atoms with van der Waals surface area (Å²) < 4.78 is 105. The van der Waals surface area contributed by atoms with Crippen LogP contribution in [0.3, 0.4) is 0 Å². The predicted molar refractivity (Wildman–Crippen MR) is 341 cm³/mol. The average Bonchev–Trinajstić information content (AvgIpc) is 1.40. The van der Waals surface area contributed by atoms with Crippen molar-refractivity contribution in [1.82, 2.24) is 34.9 Å². The molecule has 2 atom stereocenters. The zero-order valence-electron chi connectivity index (χ0n) is 49.4. The number of rotatable bonds is 20. The number of carbonyl (C=O) groups is 3. The number of carbonyl (C=O) groups excluding carboxylic acids is 3. The quantitative estimate of drug-likeness (QED) is 0.0524. The van der Waals surface area contributed by atoms with Crippen molar-refractivity contribution in [2.75, 3.05) is 131 Å². The monoisotopic (exact) mass is 1300 g/mol. The molecule has 474 valence electrons. The first-order valence-corrected chi connectivity index (χ1v) is 34.4. The summed E-state index contributed by atoms with van der Waals surface area (Å²) in [4.78, 5) is 50.3. The van der Waals surface area contributed by atoms with E-state index in [0.717, 1.165) is 124 Å². The number of nitrogens with one attached hydrogen (secondary N) is 4. The molecule has 1 aromatic heterocycles. The lowest BCUT2D eigenvalue weighted by Crippen LogP contribution is -2.50. The highest BCUT2D eigenvalue weighted by Gasteiger charge is 2.49. The summed E-state index contributed by atoms with van der Waals surface area (Å²) in [6.45, 7) is 13.9. The van der Waals surface area contributed by atoms with Crippen molar-refractivity contribution in [3.05, 3.63) is 137 Å². The van der Waals surface area contributed by atoms with Crippen LogP contribution >= 0.6 is 23.4 Å². The topological polar surface area (TPSA) is 213 Å². The highest BCUT2D eigenvalue weighted by atomic mass is 35.5. The number of nitrogens with zero attached hydrogens (tertiary/aromatic N) is 7. The number of sulfone groups is 1. The molecule has 0 saturated carbocycles. The van der Waals surface area contributed by atoms with Gasteiger partial charge in [0.05, 0.1) is 22.7 Å². The van der Waals surface area contributed by atoms with Gasteiger partial charge < -0.3 is 24.8 Å². The largest absolute Gasteiger partial charge is 0.501 e. The molecule has 11 rings (SSSR count). The summed E-state index contributed by atoms with van der Waals surface area (Å²) in [5.41, 5.74) is 0.449. The third kappa shape index (κ3) is 15.4. The molecule has 4 amide bonds. The van der Waals surface area contributed by atoms with Crippen LogP contribution in [0.15, 0.2) is 136 Å². The number of amides is 4. The molecule has 4 saturated heterocycles. The summed E-state index contributed by atoms with van der Waals surface area (Å²) in [6.07, 6.45) is 4.35. The predicted octanol–water partition coefficient (Wildman–Crippen LogP) is 9.35. The van der Waals surface area contributed by atoms with E-state index in [1.165, 1.54) is 45.5 Å². The van der Waals surface area contributed by atoms with Crippen molar-refractivity contribution in [2.24, 2.45) is 5.41 Å². The molecule has 89 heavy (non-hydrogen) atoms. The van der Waals surface area contributed by atoms with E-state index in [1.807, 2.05) is 53.3 Å². The number of benzene rings is 5. The lowest BCUT2D eigenvalue weighted by atomic mass is 9.71. The number of sulfonamides is 1. The van der Waals surface area contributed by atoms with Crippen molar-refractivity contribution in [3.8, 4) is 0 Å². The van der Waals surface area contributed by atoms with E-state index in [0.29, 0.717) is 68.5 Å². The summed E-state index contributed by atoms with van der Waals surface area (Å²) in [6, 6.07) is 31.5. The summed E-state index contributed by atoms with van der Waals surface area (Å²) in [5.74, 6) is -0.478. The van der Waals surface area contributed by atoms with Gasteiger partial charge in [-0.05, 0) is 134 Å². The molecule has 1 aliphatic carbocycles. The minimum Gasteiger partial charge on any atom is -0.380 e. The van der Waals surface area contributed by atoms with E-state index in [2.05, 4.69) is 76.5 Å². The number of ether oxygens (including phenoxy) is 1. The maximum atomic E-state index is 14.4. The Morgan fingerprint density at radius 1 is 0.787 bits per heavy atom. The van der Waals surface area contributed by atoms with Crippen LogP contribution in [0.25, 0.3) is 16.5 Å². The molecule has 5 aliphatic rings. The van der Waals surface area contributed by atoms with Gasteiger partial charge in [0.15, 0.2) is 5.82 Å².